The van der Waals surface area contributed by atoms with Gasteiger partial charge in [-0.25, -0.2) is 0 Å². The molecule has 0 N–H and O–H groups in total. The number of morpholine rings is 2. The average molecular weight is 643 g/mol. The zero-order valence-corrected chi connectivity index (χ0v) is 30.1. The Morgan fingerprint density at radius 3 is 2.35 bits per heavy atom. The average Bonchev–Trinajstić information content (AvgIpc) is 3.62. The minimum absolute atomic E-state index is 0.0873. The minimum Gasteiger partial charge on any atom is -0.379 e. The quantitative estimate of drug-likeness (QED) is 0.311. The maximum atomic E-state index is 7.02. The summed E-state index contributed by atoms with van der Waals surface area (Å²) in [5.74, 6) is 3.76. The van der Waals surface area contributed by atoms with E-state index in [9.17, 15) is 0 Å². The van der Waals surface area contributed by atoms with Crippen molar-refractivity contribution in [1.82, 2.24) is 9.80 Å². The fourth-order valence-corrected chi connectivity index (χ4v) is 13.8. The Balaban J connectivity index is 0.918. The molecule has 2 spiro atoms. The van der Waals surface area contributed by atoms with E-state index in [0.29, 0.717) is 34.4 Å². The van der Waals surface area contributed by atoms with Crippen molar-refractivity contribution in [2.24, 2.45) is 51.2 Å². The molecular formula is C39H66N2O5. The molecule has 3 aliphatic heterocycles. The van der Waals surface area contributed by atoms with E-state index in [1.54, 1.807) is 0 Å². The monoisotopic (exact) mass is 642 g/mol. The van der Waals surface area contributed by atoms with Crippen molar-refractivity contribution in [1.29, 1.82) is 0 Å². The van der Waals surface area contributed by atoms with E-state index in [4.69, 9.17) is 23.7 Å². The van der Waals surface area contributed by atoms with E-state index < -0.39 is 0 Å². The molecule has 0 aromatic rings. The first-order valence-electron chi connectivity index (χ1n) is 19.6. The van der Waals surface area contributed by atoms with Gasteiger partial charge in [-0.15, -0.1) is 0 Å². The fourth-order valence-electron chi connectivity index (χ4n) is 13.8. The maximum absolute atomic E-state index is 7.02. The molecule has 8 aliphatic rings. The zero-order chi connectivity index (χ0) is 31.9. The van der Waals surface area contributed by atoms with Gasteiger partial charge in [0.2, 0.25) is 0 Å². The fraction of sp³-hybridized carbons (Fsp3) is 1.00. The lowest BCUT2D eigenvalue weighted by Crippen LogP contribution is -2.56. The molecule has 0 bridgehead atoms. The van der Waals surface area contributed by atoms with E-state index in [0.717, 1.165) is 82.8 Å². The van der Waals surface area contributed by atoms with Gasteiger partial charge in [0.25, 0.3) is 0 Å². The normalized spacial score (nSPS) is 49.4. The Morgan fingerprint density at radius 1 is 0.804 bits per heavy atom. The van der Waals surface area contributed by atoms with Gasteiger partial charge in [-0.05, 0) is 115 Å². The third-order valence-corrected chi connectivity index (χ3v) is 16.1. The number of hydrogen-bond donors (Lipinski definition) is 0. The van der Waals surface area contributed by atoms with Crippen LogP contribution in [0.4, 0.5) is 0 Å². The van der Waals surface area contributed by atoms with Gasteiger partial charge in [0.05, 0.1) is 44.2 Å². The van der Waals surface area contributed by atoms with Crippen LogP contribution in [0.3, 0.4) is 0 Å². The summed E-state index contributed by atoms with van der Waals surface area (Å²) >= 11 is 0. The summed E-state index contributed by atoms with van der Waals surface area (Å²) in [5.41, 5.74) is 1.79. The first kappa shape index (κ1) is 32.9. The van der Waals surface area contributed by atoms with Crippen LogP contribution in [0.1, 0.15) is 98.8 Å². The summed E-state index contributed by atoms with van der Waals surface area (Å²) in [6.07, 6.45) is 14.7. The van der Waals surface area contributed by atoms with E-state index in [1.807, 2.05) is 7.11 Å². The Bertz CT molecular complexity index is 1100. The van der Waals surface area contributed by atoms with Gasteiger partial charge in [0.1, 0.15) is 0 Å². The van der Waals surface area contributed by atoms with Crippen molar-refractivity contribution in [3.05, 3.63) is 0 Å². The third kappa shape index (κ3) is 5.13. The predicted molar refractivity (Wildman–Crippen MR) is 179 cm³/mol. The number of ether oxygens (including phenoxy) is 5. The van der Waals surface area contributed by atoms with Crippen LogP contribution >= 0.6 is 0 Å². The number of hydrogen-bond acceptors (Lipinski definition) is 7. The third-order valence-electron chi connectivity index (χ3n) is 16.1. The number of fused-ring (bicyclic) bond motifs is 4. The van der Waals surface area contributed by atoms with Crippen LogP contribution in [0.15, 0.2) is 0 Å². The van der Waals surface area contributed by atoms with Crippen LogP contribution in [0.2, 0.25) is 0 Å². The molecule has 0 aromatic heterocycles. The highest BCUT2D eigenvalue weighted by atomic mass is 16.7. The Labute approximate surface area is 280 Å². The van der Waals surface area contributed by atoms with Gasteiger partial charge < -0.3 is 23.7 Å². The second-order valence-electron chi connectivity index (χ2n) is 18.5. The van der Waals surface area contributed by atoms with Crippen molar-refractivity contribution in [2.75, 3.05) is 66.2 Å². The number of methoxy groups -OCH3 is 1. The Kier molecular flexibility index (Phi) is 8.72. The summed E-state index contributed by atoms with van der Waals surface area (Å²) in [6.45, 7) is 21.2. The maximum Gasteiger partial charge on any atom is 0.170 e. The largest absolute Gasteiger partial charge is 0.379 e. The van der Waals surface area contributed by atoms with Crippen LogP contribution in [0, 0.1) is 51.2 Å². The van der Waals surface area contributed by atoms with Crippen LogP contribution in [0.25, 0.3) is 0 Å². The highest BCUT2D eigenvalue weighted by Gasteiger charge is 2.80. The zero-order valence-electron chi connectivity index (χ0n) is 30.1. The molecule has 5 aliphatic carbocycles. The molecular weight excluding hydrogens is 576 g/mol. The van der Waals surface area contributed by atoms with Crippen molar-refractivity contribution in [3.8, 4) is 0 Å². The van der Waals surface area contributed by atoms with Crippen molar-refractivity contribution < 1.29 is 23.7 Å². The van der Waals surface area contributed by atoms with E-state index in [1.165, 1.54) is 64.2 Å². The van der Waals surface area contributed by atoms with Gasteiger partial charge in [-0.1, -0.05) is 34.6 Å². The highest BCUT2D eigenvalue weighted by Crippen LogP contribution is 2.87. The van der Waals surface area contributed by atoms with Crippen molar-refractivity contribution in [2.45, 2.75) is 130 Å². The van der Waals surface area contributed by atoms with Gasteiger partial charge in [-0.3, -0.25) is 9.80 Å². The highest BCUT2D eigenvalue weighted by molar-refractivity contribution is 5.29. The summed E-state index contributed by atoms with van der Waals surface area (Å²) in [7, 11) is 1.89. The van der Waals surface area contributed by atoms with Crippen LogP contribution in [-0.4, -0.2) is 107 Å². The van der Waals surface area contributed by atoms with Crippen LogP contribution in [0.5, 0.6) is 0 Å². The molecule has 8 fully saturated rings. The standard InChI is InChI=1S/C39H66N2O5/c1-26(2)35(42-6)30-9-7-28-31(45-30)23-29-27-8-10-32-36(3,4)33(11-12-39(32)25-38(27,39)14-13-37(28,29)5)46-34-24-41(19-22-44-34)16-15-40-17-20-43-21-18-40/h26-35H,7-25H2,1-6H3. The Hall–Kier alpha value is -0.280. The molecule has 7 nitrogen and oxygen atoms in total. The summed E-state index contributed by atoms with van der Waals surface area (Å²) in [6, 6.07) is 0. The molecule has 5 saturated carbocycles. The van der Waals surface area contributed by atoms with Gasteiger partial charge in [-0.2, -0.15) is 0 Å². The van der Waals surface area contributed by atoms with Crippen LogP contribution < -0.4 is 0 Å². The van der Waals surface area contributed by atoms with E-state index >= 15 is 0 Å². The minimum atomic E-state index is -0.0873. The molecule has 12 atom stereocenters. The first-order chi connectivity index (χ1) is 22.1. The second kappa shape index (κ2) is 12.2. The number of rotatable bonds is 8. The number of nitrogens with zero attached hydrogens (tertiary/aromatic N) is 2. The molecule has 46 heavy (non-hydrogen) atoms. The smallest absolute Gasteiger partial charge is 0.170 e. The topological polar surface area (TPSA) is 52.6 Å². The second-order valence-corrected chi connectivity index (χ2v) is 18.5. The van der Waals surface area contributed by atoms with Crippen molar-refractivity contribution in [3.63, 3.8) is 0 Å². The SMILES string of the molecule is COC(C(C)C)C1CCC2C(CC3C4CCC5C(C)(C)C(OC6CN(CCN7CCOCC7)CCO6)CCC56CC46CCC23C)O1. The molecule has 8 rings (SSSR count). The van der Waals surface area contributed by atoms with E-state index in [2.05, 4.69) is 44.4 Å². The molecule has 0 aromatic carbocycles. The molecule has 3 heterocycles. The van der Waals surface area contributed by atoms with Gasteiger partial charge in [0.15, 0.2) is 6.29 Å². The lowest BCUT2D eigenvalue weighted by molar-refractivity contribution is -0.245. The molecule has 12 unspecified atom stereocenters. The lowest BCUT2D eigenvalue weighted by atomic mass is 9.46. The van der Waals surface area contributed by atoms with Crippen LogP contribution in [-0.2, 0) is 23.7 Å². The van der Waals surface area contributed by atoms with Gasteiger partial charge in [0, 0.05) is 46.4 Å². The molecule has 3 saturated heterocycles. The predicted octanol–water partition coefficient (Wildman–Crippen LogP) is 6.24. The van der Waals surface area contributed by atoms with E-state index in [-0.39, 0.29) is 23.9 Å². The summed E-state index contributed by atoms with van der Waals surface area (Å²) in [5, 5.41) is 0. The Morgan fingerprint density at radius 2 is 1.57 bits per heavy atom. The van der Waals surface area contributed by atoms with Crippen molar-refractivity contribution >= 4 is 0 Å². The molecule has 262 valence electrons. The van der Waals surface area contributed by atoms with Gasteiger partial charge >= 0.3 is 0 Å². The molecule has 7 heteroatoms. The first-order valence-corrected chi connectivity index (χ1v) is 19.6. The molecule has 0 amide bonds. The lowest BCUT2D eigenvalue weighted by Gasteiger charge is -2.60. The summed E-state index contributed by atoms with van der Waals surface area (Å²) < 4.78 is 31.8. The molecule has 0 radical (unpaired) electrons. The summed E-state index contributed by atoms with van der Waals surface area (Å²) in [4.78, 5) is 5.12.